The molecular weight excluding hydrogens is 356 g/mol. The van der Waals surface area contributed by atoms with Crippen LogP contribution in [0.3, 0.4) is 0 Å². The Hall–Kier alpha value is -2.32. The van der Waals surface area contributed by atoms with E-state index in [0.29, 0.717) is 6.54 Å². The molecule has 0 bridgehead atoms. The molecule has 152 valence electrons. The minimum absolute atomic E-state index is 0.0474. The summed E-state index contributed by atoms with van der Waals surface area (Å²) < 4.78 is 3.10. The molecule has 0 aromatic carbocycles. The van der Waals surface area contributed by atoms with Crippen molar-refractivity contribution in [3.63, 3.8) is 0 Å². The van der Waals surface area contributed by atoms with Crippen LogP contribution in [0.5, 0.6) is 0 Å². The molecule has 3 heterocycles. The minimum Gasteiger partial charge on any atom is -0.302 e. The lowest BCUT2D eigenvalue weighted by Crippen LogP contribution is -2.47. The van der Waals surface area contributed by atoms with Crippen molar-refractivity contribution in [2.75, 3.05) is 32.7 Å². The third-order valence-electron chi connectivity index (χ3n) is 5.14. The predicted molar refractivity (Wildman–Crippen MR) is 108 cm³/mol. The summed E-state index contributed by atoms with van der Waals surface area (Å²) >= 11 is 0. The van der Waals surface area contributed by atoms with Crippen LogP contribution in [-0.2, 0) is 25.6 Å². The highest BCUT2D eigenvalue weighted by Gasteiger charge is 2.19. The van der Waals surface area contributed by atoms with E-state index in [1.54, 1.807) is 24.0 Å². The summed E-state index contributed by atoms with van der Waals surface area (Å²) in [5.41, 5.74) is 1.63. The Morgan fingerprint density at radius 3 is 2.32 bits per heavy atom. The van der Waals surface area contributed by atoms with Gasteiger partial charge < -0.3 is 4.57 Å². The zero-order chi connectivity index (χ0) is 20.3. The number of aryl methyl sites for hydroxylation is 1. The van der Waals surface area contributed by atoms with Gasteiger partial charge in [0.05, 0.1) is 12.2 Å². The van der Waals surface area contributed by atoms with Gasteiger partial charge in [-0.2, -0.15) is 5.10 Å². The second-order valence-corrected chi connectivity index (χ2v) is 8.50. The van der Waals surface area contributed by atoms with E-state index in [4.69, 9.17) is 0 Å². The van der Waals surface area contributed by atoms with Gasteiger partial charge in [0.25, 0.3) is 5.56 Å². The van der Waals surface area contributed by atoms with Gasteiger partial charge in [0.1, 0.15) is 0 Å². The van der Waals surface area contributed by atoms with E-state index in [1.165, 1.54) is 4.57 Å². The Labute approximate surface area is 165 Å². The first-order valence-electron chi connectivity index (χ1n) is 9.77. The van der Waals surface area contributed by atoms with Crippen molar-refractivity contribution in [3.8, 4) is 0 Å². The van der Waals surface area contributed by atoms with Crippen molar-refractivity contribution in [2.45, 2.75) is 39.3 Å². The van der Waals surface area contributed by atoms with Gasteiger partial charge in [0, 0.05) is 75.8 Å². The zero-order valence-corrected chi connectivity index (χ0v) is 17.3. The molecule has 1 aliphatic heterocycles. The molecule has 8 nitrogen and oxygen atoms in total. The summed E-state index contributed by atoms with van der Waals surface area (Å²) in [5, 5.41) is 4.55. The zero-order valence-electron chi connectivity index (χ0n) is 17.3. The molecule has 0 amide bonds. The van der Waals surface area contributed by atoms with Crippen LogP contribution < -0.4 is 11.2 Å². The van der Waals surface area contributed by atoms with E-state index in [0.717, 1.165) is 50.5 Å². The molecule has 0 spiro atoms. The van der Waals surface area contributed by atoms with Crippen LogP contribution in [0, 0.1) is 0 Å². The fourth-order valence-electron chi connectivity index (χ4n) is 3.32. The van der Waals surface area contributed by atoms with Gasteiger partial charge >= 0.3 is 5.69 Å². The van der Waals surface area contributed by atoms with Crippen molar-refractivity contribution >= 4 is 0 Å². The van der Waals surface area contributed by atoms with Gasteiger partial charge in [-0.15, -0.1) is 0 Å². The second-order valence-electron chi connectivity index (χ2n) is 8.50. The number of piperazine rings is 1. The van der Waals surface area contributed by atoms with Crippen LogP contribution in [0.2, 0.25) is 0 Å². The van der Waals surface area contributed by atoms with E-state index >= 15 is 0 Å². The lowest BCUT2D eigenvalue weighted by atomic mass is 9.92. The monoisotopic (exact) mass is 386 g/mol. The Morgan fingerprint density at radius 2 is 1.68 bits per heavy atom. The van der Waals surface area contributed by atoms with Crippen LogP contribution in [0.15, 0.2) is 34.1 Å². The van der Waals surface area contributed by atoms with Gasteiger partial charge in [-0.1, -0.05) is 20.8 Å². The van der Waals surface area contributed by atoms with Gasteiger partial charge in [-0.05, 0) is 6.07 Å². The summed E-state index contributed by atoms with van der Waals surface area (Å²) in [5.74, 6) is 0. The first-order chi connectivity index (χ1) is 13.2. The first-order valence-corrected chi connectivity index (χ1v) is 9.77. The smallest absolute Gasteiger partial charge is 0.302 e. The van der Waals surface area contributed by atoms with E-state index in [1.807, 2.05) is 12.3 Å². The maximum atomic E-state index is 12.1. The molecule has 1 fully saturated rings. The van der Waals surface area contributed by atoms with Crippen molar-refractivity contribution in [1.29, 1.82) is 0 Å². The largest absolute Gasteiger partial charge is 0.347 e. The third-order valence-corrected chi connectivity index (χ3v) is 5.14. The summed E-state index contributed by atoms with van der Waals surface area (Å²) in [4.78, 5) is 32.1. The normalized spacial score (nSPS) is 16.4. The molecule has 2 aromatic heterocycles. The van der Waals surface area contributed by atoms with Crippen LogP contribution in [-0.4, -0.2) is 61.9 Å². The first kappa shape index (κ1) is 20.4. The van der Waals surface area contributed by atoms with Gasteiger partial charge in [0.15, 0.2) is 0 Å². The molecule has 0 aliphatic carbocycles. The molecule has 3 rings (SSSR count). The Kier molecular flexibility index (Phi) is 6.10. The number of hydrogen-bond donors (Lipinski definition) is 0. The van der Waals surface area contributed by atoms with Crippen molar-refractivity contribution in [3.05, 3.63) is 56.6 Å². The standard InChI is InChI=1S/C20H30N6O2/c1-20(2,3)17-5-6-18(27)26(22-17)12-11-24-7-9-25(10-8-24)15-16-13-21-19(28)23(4)14-16/h5-6,13-14H,7-12,15H2,1-4H3. The SMILES string of the molecule is Cn1cc(CN2CCN(CCn3nc(C(C)(C)C)ccc3=O)CC2)cnc1=O. The van der Waals surface area contributed by atoms with Gasteiger partial charge in [-0.25, -0.2) is 14.5 Å². The van der Waals surface area contributed by atoms with E-state index in [-0.39, 0.29) is 16.7 Å². The van der Waals surface area contributed by atoms with Crippen LogP contribution in [0.4, 0.5) is 0 Å². The highest BCUT2D eigenvalue weighted by Crippen LogP contribution is 2.18. The van der Waals surface area contributed by atoms with E-state index < -0.39 is 0 Å². The molecular formula is C20H30N6O2. The number of aromatic nitrogens is 4. The number of hydrogen-bond acceptors (Lipinski definition) is 6. The molecule has 28 heavy (non-hydrogen) atoms. The molecule has 1 saturated heterocycles. The van der Waals surface area contributed by atoms with E-state index in [9.17, 15) is 9.59 Å². The summed E-state index contributed by atoms with van der Waals surface area (Å²) in [6, 6.07) is 3.44. The lowest BCUT2D eigenvalue weighted by Gasteiger charge is -2.34. The Bertz CT molecular complexity index is 919. The number of rotatable bonds is 5. The fourth-order valence-corrected chi connectivity index (χ4v) is 3.32. The highest BCUT2D eigenvalue weighted by atomic mass is 16.1. The van der Waals surface area contributed by atoms with Crippen molar-refractivity contribution in [1.82, 2.24) is 29.1 Å². The Balaban J connectivity index is 1.51. The number of nitrogens with zero attached hydrogens (tertiary/aromatic N) is 6. The summed E-state index contributed by atoms with van der Waals surface area (Å²) in [6.45, 7) is 12.3. The fraction of sp³-hybridized carbons (Fsp3) is 0.600. The average molecular weight is 387 g/mol. The molecule has 0 atom stereocenters. The molecule has 1 aliphatic rings. The summed E-state index contributed by atoms with van der Waals surface area (Å²) in [7, 11) is 1.72. The van der Waals surface area contributed by atoms with Gasteiger partial charge in [0.2, 0.25) is 0 Å². The predicted octanol–water partition coefficient (Wildman–Crippen LogP) is 0.452. The van der Waals surface area contributed by atoms with Crippen molar-refractivity contribution < 1.29 is 0 Å². The maximum absolute atomic E-state index is 12.1. The van der Waals surface area contributed by atoms with Crippen LogP contribution in [0.1, 0.15) is 32.0 Å². The van der Waals surface area contributed by atoms with Gasteiger partial charge in [-0.3, -0.25) is 14.6 Å². The van der Waals surface area contributed by atoms with Crippen LogP contribution in [0.25, 0.3) is 0 Å². The minimum atomic E-state index is -0.229. The second kappa shape index (κ2) is 8.36. The maximum Gasteiger partial charge on any atom is 0.347 e. The summed E-state index contributed by atoms with van der Waals surface area (Å²) in [6.07, 6.45) is 3.51. The molecule has 0 N–H and O–H groups in total. The Morgan fingerprint density at radius 1 is 1.00 bits per heavy atom. The molecule has 0 radical (unpaired) electrons. The molecule has 8 heteroatoms. The quantitative estimate of drug-likeness (QED) is 0.743. The lowest BCUT2D eigenvalue weighted by molar-refractivity contribution is 0.122. The molecule has 0 saturated carbocycles. The topological polar surface area (TPSA) is 76.3 Å². The van der Waals surface area contributed by atoms with Crippen molar-refractivity contribution in [2.24, 2.45) is 7.05 Å². The van der Waals surface area contributed by atoms with Crippen LogP contribution >= 0.6 is 0 Å². The molecule has 2 aromatic rings. The third kappa shape index (κ3) is 5.14. The molecule has 0 unspecified atom stereocenters. The highest BCUT2D eigenvalue weighted by molar-refractivity contribution is 5.10. The van der Waals surface area contributed by atoms with E-state index in [2.05, 4.69) is 40.7 Å². The average Bonchev–Trinajstić information content (AvgIpc) is 2.64.